The Morgan fingerprint density at radius 2 is 2.00 bits per heavy atom. The SMILES string of the molecule is COc1ccc(NC(=O)c2cc(OCc3ccccc3)no2)cc1Cl. The summed E-state index contributed by atoms with van der Waals surface area (Å²) in [4.78, 5) is 12.2. The van der Waals surface area contributed by atoms with Crippen LogP contribution in [0, 0.1) is 0 Å². The predicted octanol–water partition coefficient (Wildman–Crippen LogP) is 4.17. The summed E-state index contributed by atoms with van der Waals surface area (Å²) in [5.41, 5.74) is 1.50. The normalized spacial score (nSPS) is 10.3. The minimum absolute atomic E-state index is 0.0370. The third kappa shape index (κ3) is 4.30. The first kappa shape index (κ1) is 16.9. The molecule has 3 rings (SSSR count). The number of amides is 1. The van der Waals surface area contributed by atoms with Gasteiger partial charge in [-0.05, 0) is 28.9 Å². The average Bonchev–Trinajstić information content (AvgIpc) is 3.10. The number of benzene rings is 2. The van der Waals surface area contributed by atoms with Crippen LogP contribution >= 0.6 is 11.6 Å². The van der Waals surface area contributed by atoms with Crippen LogP contribution in [0.2, 0.25) is 5.02 Å². The van der Waals surface area contributed by atoms with Crippen LogP contribution in [-0.4, -0.2) is 18.2 Å². The van der Waals surface area contributed by atoms with Crippen molar-refractivity contribution in [2.24, 2.45) is 0 Å². The van der Waals surface area contributed by atoms with Crippen LogP contribution < -0.4 is 14.8 Å². The summed E-state index contributed by atoms with van der Waals surface area (Å²) in [6.45, 7) is 0.336. The fourth-order valence-corrected chi connectivity index (χ4v) is 2.36. The number of hydrogen-bond acceptors (Lipinski definition) is 5. The van der Waals surface area contributed by atoms with Crippen LogP contribution in [0.15, 0.2) is 59.1 Å². The quantitative estimate of drug-likeness (QED) is 0.716. The van der Waals surface area contributed by atoms with Gasteiger partial charge < -0.3 is 19.3 Å². The van der Waals surface area contributed by atoms with E-state index in [1.165, 1.54) is 13.2 Å². The Kier molecular flexibility index (Phi) is 5.20. The molecule has 0 saturated heterocycles. The molecule has 1 N–H and O–H groups in total. The molecule has 25 heavy (non-hydrogen) atoms. The maximum atomic E-state index is 12.2. The van der Waals surface area contributed by atoms with Gasteiger partial charge in [-0.1, -0.05) is 41.9 Å². The molecule has 0 aliphatic rings. The van der Waals surface area contributed by atoms with Crippen LogP contribution in [0.25, 0.3) is 0 Å². The molecule has 7 heteroatoms. The molecule has 0 spiro atoms. The van der Waals surface area contributed by atoms with Gasteiger partial charge >= 0.3 is 0 Å². The highest BCUT2D eigenvalue weighted by molar-refractivity contribution is 6.32. The van der Waals surface area contributed by atoms with Crippen LogP contribution in [-0.2, 0) is 6.61 Å². The molecule has 0 fully saturated rings. The second-order valence-electron chi connectivity index (χ2n) is 5.11. The zero-order valence-electron chi connectivity index (χ0n) is 13.4. The van der Waals surface area contributed by atoms with Crippen molar-refractivity contribution in [3.05, 3.63) is 70.9 Å². The van der Waals surface area contributed by atoms with Crippen molar-refractivity contribution in [1.29, 1.82) is 0 Å². The van der Waals surface area contributed by atoms with Gasteiger partial charge in [-0.25, -0.2) is 0 Å². The molecule has 3 aromatic rings. The van der Waals surface area contributed by atoms with Gasteiger partial charge in [-0.3, -0.25) is 4.79 Å². The molecule has 0 saturated carbocycles. The number of hydrogen-bond donors (Lipinski definition) is 1. The van der Waals surface area contributed by atoms with Crippen molar-refractivity contribution < 1.29 is 18.8 Å². The number of anilines is 1. The van der Waals surface area contributed by atoms with E-state index in [0.717, 1.165) is 5.56 Å². The minimum Gasteiger partial charge on any atom is -0.495 e. The summed E-state index contributed by atoms with van der Waals surface area (Å²) in [5, 5.41) is 6.80. The number of aromatic nitrogens is 1. The number of carbonyl (C=O) groups is 1. The molecule has 6 nitrogen and oxygen atoms in total. The fourth-order valence-electron chi connectivity index (χ4n) is 2.10. The summed E-state index contributed by atoms with van der Waals surface area (Å²) < 4.78 is 15.6. The summed E-state index contributed by atoms with van der Waals surface area (Å²) in [6, 6.07) is 16.0. The molecular weight excluding hydrogens is 344 g/mol. The van der Waals surface area contributed by atoms with E-state index in [-0.39, 0.29) is 11.6 Å². The van der Waals surface area contributed by atoms with Gasteiger partial charge in [0.05, 0.1) is 18.2 Å². The molecule has 0 unspecified atom stereocenters. The molecule has 0 radical (unpaired) electrons. The molecule has 1 heterocycles. The lowest BCUT2D eigenvalue weighted by Gasteiger charge is -2.06. The molecule has 128 valence electrons. The van der Waals surface area contributed by atoms with Crippen LogP contribution in [0.5, 0.6) is 11.6 Å². The largest absolute Gasteiger partial charge is 0.495 e. The summed E-state index contributed by atoms with van der Waals surface area (Å²) in [6.07, 6.45) is 0. The highest BCUT2D eigenvalue weighted by Gasteiger charge is 2.15. The van der Waals surface area contributed by atoms with E-state index >= 15 is 0 Å². The van der Waals surface area contributed by atoms with E-state index < -0.39 is 5.91 Å². The molecule has 2 aromatic carbocycles. The lowest BCUT2D eigenvalue weighted by Crippen LogP contribution is -2.10. The summed E-state index contributed by atoms with van der Waals surface area (Å²) in [7, 11) is 1.52. The number of halogens is 1. The third-order valence-electron chi connectivity index (χ3n) is 3.35. The van der Waals surface area contributed by atoms with Gasteiger partial charge in [0, 0.05) is 5.69 Å². The van der Waals surface area contributed by atoms with Crippen molar-refractivity contribution in [3.63, 3.8) is 0 Å². The highest BCUT2D eigenvalue weighted by atomic mass is 35.5. The molecule has 0 aliphatic heterocycles. The summed E-state index contributed by atoms with van der Waals surface area (Å²) in [5.74, 6) is 0.344. The van der Waals surface area contributed by atoms with Gasteiger partial charge in [0.1, 0.15) is 12.4 Å². The predicted molar refractivity (Wildman–Crippen MR) is 93.2 cm³/mol. The van der Waals surface area contributed by atoms with Crippen LogP contribution in [0.4, 0.5) is 5.69 Å². The van der Waals surface area contributed by atoms with E-state index in [0.29, 0.717) is 23.1 Å². The Labute approximate surface area is 149 Å². The van der Waals surface area contributed by atoms with Crippen molar-refractivity contribution in [3.8, 4) is 11.6 Å². The van der Waals surface area contributed by atoms with Crippen LogP contribution in [0.3, 0.4) is 0 Å². The van der Waals surface area contributed by atoms with Gasteiger partial charge in [0.15, 0.2) is 0 Å². The Bertz CT molecular complexity index is 865. The van der Waals surface area contributed by atoms with E-state index in [4.69, 9.17) is 25.6 Å². The Balaban J connectivity index is 1.61. The van der Waals surface area contributed by atoms with E-state index in [1.807, 2.05) is 30.3 Å². The van der Waals surface area contributed by atoms with E-state index in [9.17, 15) is 4.79 Å². The van der Waals surface area contributed by atoms with E-state index in [1.54, 1.807) is 18.2 Å². The average molecular weight is 359 g/mol. The molecular formula is C18H15ClN2O4. The monoisotopic (exact) mass is 358 g/mol. The van der Waals surface area contributed by atoms with Gasteiger partial charge in [-0.2, -0.15) is 0 Å². The smallest absolute Gasteiger partial charge is 0.294 e. The van der Waals surface area contributed by atoms with E-state index in [2.05, 4.69) is 10.5 Å². The topological polar surface area (TPSA) is 73.6 Å². The molecule has 0 bridgehead atoms. The minimum atomic E-state index is -0.455. The first-order valence-corrected chi connectivity index (χ1v) is 7.82. The van der Waals surface area contributed by atoms with Gasteiger partial charge in [0.2, 0.25) is 5.76 Å². The molecule has 0 aliphatic carbocycles. The third-order valence-corrected chi connectivity index (χ3v) is 3.65. The van der Waals surface area contributed by atoms with Gasteiger partial charge in [0.25, 0.3) is 11.8 Å². The Hall–Kier alpha value is -2.99. The van der Waals surface area contributed by atoms with Crippen molar-refractivity contribution in [2.45, 2.75) is 6.61 Å². The van der Waals surface area contributed by atoms with Crippen molar-refractivity contribution >= 4 is 23.2 Å². The lowest BCUT2D eigenvalue weighted by molar-refractivity contribution is 0.0987. The van der Waals surface area contributed by atoms with Crippen molar-refractivity contribution in [1.82, 2.24) is 5.16 Å². The molecule has 1 aromatic heterocycles. The fraction of sp³-hybridized carbons (Fsp3) is 0.111. The number of nitrogens with zero attached hydrogens (tertiary/aromatic N) is 1. The maximum absolute atomic E-state index is 12.2. The second-order valence-corrected chi connectivity index (χ2v) is 5.51. The maximum Gasteiger partial charge on any atom is 0.294 e. The molecule has 1 amide bonds. The number of rotatable bonds is 6. The lowest BCUT2D eigenvalue weighted by atomic mass is 10.2. The number of ether oxygens (including phenoxy) is 2. The first-order valence-electron chi connectivity index (χ1n) is 7.44. The number of methoxy groups -OCH3 is 1. The highest BCUT2D eigenvalue weighted by Crippen LogP contribution is 2.27. The van der Waals surface area contributed by atoms with Crippen LogP contribution in [0.1, 0.15) is 16.1 Å². The Morgan fingerprint density at radius 3 is 2.72 bits per heavy atom. The number of carbonyl (C=O) groups excluding carboxylic acids is 1. The number of nitrogens with one attached hydrogen (secondary N) is 1. The zero-order valence-corrected chi connectivity index (χ0v) is 14.1. The second kappa shape index (κ2) is 7.72. The standard InChI is InChI=1S/C18H15ClN2O4/c1-23-15-8-7-13(9-14(15)19)20-18(22)16-10-17(21-25-16)24-11-12-5-3-2-4-6-12/h2-10H,11H2,1H3,(H,20,22). The molecule has 0 atom stereocenters. The zero-order chi connectivity index (χ0) is 17.6. The first-order chi connectivity index (χ1) is 12.2. The Morgan fingerprint density at radius 1 is 1.20 bits per heavy atom. The van der Waals surface area contributed by atoms with Gasteiger partial charge in [-0.15, -0.1) is 0 Å². The van der Waals surface area contributed by atoms with Crippen molar-refractivity contribution in [2.75, 3.05) is 12.4 Å². The summed E-state index contributed by atoms with van der Waals surface area (Å²) >= 11 is 6.03.